The summed E-state index contributed by atoms with van der Waals surface area (Å²) in [4.78, 5) is 22.1. The highest BCUT2D eigenvalue weighted by Gasteiger charge is 2.09. The van der Waals surface area contributed by atoms with E-state index in [2.05, 4.69) is 10.6 Å². The number of esters is 1. The van der Waals surface area contributed by atoms with Gasteiger partial charge in [-0.1, -0.05) is 0 Å². The average molecular weight is 253 g/mol. The minimum absolute atomic E-state index is 0. The number of hydrogen-bond donors (Lipinski definition) is 2. The first kappa shape index (κ1) is 17.6. The Hall–Kier alpha value is -0.810. The Morgan fingerprint density at radius 1 is 1.38 bits per heavy atom. The number of nitrogens with one attached hydrogen (secondary N) is 2. The van der Waals surface area contributed by atoms with Gasteiger partial charge < -0.3 is 15.4 Å². The van der Waals surface area contributed by atoms with E-state index >= 15 is 0 Å². The Kier molecular flexibility index (Phi) is 11.8. The lowest BCUT2D eigenvalue weighted by Crippen LogP contribution is -2.38. The van der Waals surface area contributed by atoms with Gasteiger partial charge in [-0.05, 0) is 27.3 Å². The molecular formula is C10H21ClN2O3. The monoisotopic (exact) mass is 252 g/mol. The van der Waals surface area contributed by atoms with E-state index < -0.39 is 0 Å². The summed E-state index contributed by atoms with van der Waals surface area (Å²) in [6.45, 7) is 4.34. The summed E-state index contributed by atoms with van der Waals surface area (Å²) >= 11 is 0. The van der Waals surface area contributed by atoms with Crippen molar-refractivity contribution in [1.82, 2.24) is 10.6 Å². The molecule has 0 aromatic heterocycles. The predicted octanol–water partition coefficient (Wildman–Crippen LogP) is 0.476. The molecule has 0 saturated carbocycles. The van der Waals surface area contributed by atoms with E-state index in [4.69, 9.17) is 4.74 Å². The molecule has 1 unspecified atom stereocenters. The van der Waals surface area contributed by atoms with Crippen LogP contribution in [0.1, 0.15) is 26.7 Å². The van der Waals surface area contributed by atoms with E-state index in [0.717, 1.165) is 0 Å². The molecule has 0 heterocycles. The van der Waals surface area contributed by atoms with Crippen LogP contribution in [-0.4, -0.2) is 38.1 Å². The third-order valence-corrected chi connectivity index (χ3v) is 1.83. The smallest absolute Gasteiger partial charge is 0.305 e. The van der Waals surface area contributed by atoms with Gasteiger partial charge in [0.05, 0.1) is 13.2 Å². The molecule has 0 aliphatic rings. The molecule has 0 aliphatic heterocycles. The zero-order valence-electron chi connectivity index (χ0n) is 10.0. The first-order chi connectivity index (χ1) is 7.10. The van der Waals surface area contributed by atoms with E-state index in [-0.39, 0.29) is 30.3 Å². The third-order valence-electron chi connectivity index (χ3n) is 1.83. The van der Waals surface area contributed by atoms with Crippen molar-refractivity contribution >= 4 is 24.3 Å². The minimum atomic E-state index is -0.216. The number of carbonyl (C=O) groups excluding carboxylic acids is 2. The van der Waals surface area contributed by atoms with E-state index in [9.17, 15) is 9.59 Å². The van der Waals surface area contributed by atoms with Gasteiger partial charge in [0.15, 0.2) is 0 Å². The number of ether oxygens (including phenoxy) is 1. The molecule has 2 N–H and O–H groups in total. The minimum Gasteiger partial charge on any atom is -0.466 e. The summed E-state index contributed by atoms with van der Waals surface area (Å²) in [5.41, 5.74) is 0. The van der Waals surface area contributed by atoms with Crippen molar-refractivity contribution in [3.63, 3.8) is 0 Å². The van der Waals surface area contributed by atoms with Crippen molar-refractivity contribution in [1.29, 1.82) is 0 Å². The summed E-state index contributed by atoms with van der Waals surface area (Å²) in [5, 5.41) is 5.52. The molecule has 96 valence electrons. The van der Waals surface area contributed by atoms with Crippen LogP contribution in [-0.2, 0) is 14.3 Å². The highest BCUT2D eigenvalue weighted by Crippen LogP contribution is 1.98. The molecule has 0 spiro atoms. The van der Waals surface area contributed by atoms with Crippen molar-refractivity contribution in [2.75, 3.05) is 20.2 Å². The molecule has 6 heteroatoms. The quantitative estimate of drug-likeness (QED) is 0.647. The number of halogens is 1. The van der Waals surface area contributed by atoms with Crippen LogP contribution in [0.5, 0.6) is 0 Å². The van der Waals surface area contributed by atoms with Gasteiger partial charge in [0.25, 0.3) is 0 Å². The fourth-order valence-electron chi connectivity index (χ4n) is 1.13. The molecule has 0 aliphatic carbocycles. The maximum atomic E-state index is 11.1. The fraction of sp³-hybridized carbons (Fsp3) is 0.800. The van der Waals surface area contributed by atoms with Crippen LogP contribution in [0.3, 0.4) is 0 Å². The van der Waals surface area contributed by atoms with E-state index in [1.54, 1.807) is 14.0 Å². The highest BCUT2D eigenvalue weighted by molar-refractivity contribution is 5.85. The van der Waals surface area contributed by atoms with Gasteiger partial charge in [-0.2, -0.15) is 0 Å². The van der Waals surface area contributed by atoms with Crippen LogP contribution in [0.2, 0.25) is 0 Å². The number of carbonyl (C=O) groups is 2. The van der Waals surface area contributed by atoms with Gasteiger partial charge >= 0.3 is 5.97 Å². The van der Waals surface area contributed by atoms with Gasteiger partial charge in [-0.25, -0.2) is 0 Å². The SMILES string of the molecule is CCOC(=O)CCC(C)NC(=O)CNC.Cl. The molecule has 1 atom stereocenters. The maximum absolute atomic E-state index is 11.1. The van der Waals surface area contributed by atoms with Crippen LogP contribution in [0.4, 0.5) is 0 Å². The standard InChI is InChI=1S/C10H20N2O3.ClH/c1-4-15-10(14)6-5-8(2)12-9(13)7-11-3;/h8,11H,4-7H2,1-3H3,(H,12,13);1H. The molecule has 0 saturated heterocycles. The second-order valence-electron chi connectivity index (χ2n) is 3.34. The van der Waals surface area contributed by atoms with Gasteiger partial charge in [-0.3, -0.25) is 9.59 Å². The molecule has 0 aromatic rings. The van der Waals surface area contributed by atoms with Crippen LogP contribution in [0.15, 0.2) is 0 Å². The molecule has 1 amide bonds. The molecule has 0 bridgehead atoms. The van der Waals surface area contributed by atoms with Crippen molar-refractivity contribution in [2.24, 2.45) is 0 Å². The average Bonchev–Trinajstić information content (AvgIpc) is 2.15. The lowest BCUT2D eigenvalue weighted by Gasteiger charge is -2.12. The second-order valence-corrected chi connectivity index (χ2v) is 3.34. The van der Waals surface area contributed by atoms with Gasteiger partial charge in [-0.15, -0.1) is 12.4 Å². The van der Waals surface area contributed by atoms with Gasteiger partial charge in [0.2, 0.25) is 5.91 Å². The topological polar surface area (TPSA) is 67.4 Å². The van der Waals surface area contributed by atoms with Gasteiger partial charge in [0.1, 0.15) is 0 Å². The van der Waals surface area contributed by atoms with Crippen molar-refractivity contribution in [3.05, 3.63) is 0 Å². The molecule has 5 nitrogen and oxygen atoms in total. The summed E-state index contributed by atoms with van der Waals surface area (Å²) in [6.07, 6.45) is 0.948. The first-order valence-corrected chi connectivity index (χ1v) is 5.19. The number of hydrogen-bond acceptors (Lipinski definition) is 4. The zero-order chi connectivity index (χ0) is 11.7. The molecular weight excluding hydrogens is 232 g/mol. The van der Waals surface area contributed by atoms with Crippen LogP contribution < -0.4 is 10.6 Å². The Balaban J connectivity index is 0. The summed E-state index contributed by atoms with van der Waals surface area (Å²) in [5.74, 6) is -0.277. The maximum Gasteiger partial charge on any atom is 0.305 e. The van der Waals surface area contributed by atoms with E-state index in [0.29, 0.717) is 26.0 Å². The largest absolute Gasteiger partial charge is 0.466 e. The fourth-order valence-corrected chi connectivity index (χ4v) is 1.13. The first-order valence-electron chi connectivity index (χ1n) is 5.19. The normalized spacial score (nSPS) is 11.2. The highest BCUT2D eigenvalue weighted by atomic mass is 35.5. The van der Waals surface area contributed by atoms with Crippen LogP contribution in [0.25, 0.3) is 0 Å². The lowest BCUT2D eigenvalue weighted by molar-refractivity contribution is -0.143. The van der Waals surface area contributed by atoms with Crippen molar-refractivity contribution < 1.29 is 14.3 Å². The van der Waals surface area contributed by atoms with Gasteiger partial charge in [0, 0.05) is 12.5 Å². The molecule has 0 aromatic carbocycles. The van der Waals surface area contributed by atoms with E-state index in [1.165, 1.54) is 0 Å². The number of rotatable bonds is 7. The summed E-state index contributed by atoms with van der Waals surface area (Å²) in [7, 11) is 1.71. The molecule has 0 radical (unpaired) electrons. The Labute approximate surface area is 103 Å². The molecule has 0 rings (SSSR count). The Morgan fingerprint density at radius 2 is 2.00 bits per heavy atom. The molecule has 16 heavy (non-hydrogen) atoms. The lowest BCUT2D eigenvalue weighted by atomic mass is 10.2. The zero-order valence-corrected chi connectivity index (χ0v) is 10.9. The van der Waals surface area contributed by atoms with E-state index in [1.807, 2.05) is 6.92 Å². The van der Waals surface area contributed by atoms with Crippen molar-refractivity contribution in [2.45, 2.75) is 32.7 Å². The van der Waals surface area contributed by atoms with Crippen LogP contribution in [0, 0.1) is 0 Å². The number of likely N-dealkylation sites (N-methyl/N-ethyl adjacent to an activating group) is 1. The molecule has 0 fully saturated rings. The van der Waals surface area contributed by atoms with Crippen molar-refractivity contribution in [3.8, 4) is 0 Å². The third kappa shape index (κ3) is 9.73. The Bertz CT molecular complexity index is 212. The predicted molar refractivity (Wildman–Crippen MR) is 64.6 cm³/mol. The second kappa shape index (κ2) is 10.7. The summed E-state index contributed by atoms with van der Waals surface area (Å²) < 4.78 is 4.78. The number of amides is 1. The van der Waals surface area contributed by atoms with Crippen LogP contribution >= 0.6 is 12.4 Å². The summed E-state index contributed by atoms with van der Waals surface area (Å²) in [6, 6.07) is -0.00439. The Morgan fingerprint density at radius 3 is 2.50 bits per heavy atom.